The van der Waals surface area contributed by atoms with Crippen molar-refractivity contribution in [1.82, 2.24) is 14.8 Å². The summed E-state index contributed by atoms with van der Waals surface area (Å²) in [5.74, 6) is -1.29. The molecule has 0 N–H and O–H groups in total. The molecule has 0 fully saturated rings. The summed E-state index contributed by atoms with van der Waals surface area (Å²) in [5.41, 5.74) is 1.79. The summed E-state index contributed by atoms with van der Waals surface area (Å²) in [7, 11) is 1.55. The molecule has 30 heavy (non-hydrogen) atoms. The van der Waals surface area contributed by atoms with E-state index in [4.69, 9.17) is 4.74 Å². The maximum atomic E-state index is 14.3. The summed E-state index contributed by atoms with van der Waals surface area (Å²) in [4.78, 5) is 31.4. The van der Waals surface area contributed by atoms with E-state index in [1.54, 1.807) is 30.8 Å². The van der Waals surface area contributed by atoms with Crippen LogP contribution in [-0.4, -0.2) is 33.7 Å². The topological polar surface area (TPSA) is 77.3 Å². The molecule has 3 heterocycles. The van der Waals surface area contributed by atoms with Gasteiger partial charge in [-0.3, -0.25) is 9.59 Å². The van der Waals surface area contributed by atoms with E-state index in [1.165, 1.54) is 24.4 Å². The molecule has 0 spiro atoms. The van der Waals surface area contributed by atoms with Gasteiger partial charge in [-0.2, -0.15) is 5.10 Å². The highest BCUT2D eigenvalue weighted by molar-refractivity contribution is 6.37. The van der Waals surface area contributed by atoms with Crippen LogP contribution >= 0.6 is 0 Å². The van der Waals surface area contributed by atoms with Crippen molar-refractivity contribution in [3.63, 3.8) is 0 Å². The number of nitrogens with zero attached hydrogens (tertiary/aromatic N) is 4. The maximum Gasteiger partial charge on any atom is 0.267 e. The molecule has 2 amide bonds. The van der Waals surface area contributed by atoms with Gasteiger partial charge in [-0.05, 0) is 31.2 Å². The molecule has 0 unspecified atom stereocenters. The number of pyridine rings is 1. The molecule has 0 saturated heterocycles. The number of amides is 2. The van der Waals surface area contributed by atoms with Crippen LogP contribution in [-0.2, 0) is 0 Å². The molecular weight excluding hydrogens is 387 g/mol. The quantitative estimate of drug-likeness (QED) is 0.489. The number of methoxy groups -OCH3 is 1. The minimum Gasteiger partial charge on any atom is -0.494 e. The third-order valence-corrected chi connectivity index (χ3v) is 5.13. The highest BCUT2D eigenvalue weighted by Crippen LogP contribution is 2.36. The SMILES string of the molecule is COc1ccccc1-n1nc(C)c2c3c(cnc21)C(=O)N(c1ccccc1F)C3=O. The number of fused-ring (bicyclic) bond motifs is 3. The third-order valence-electron chi connectivity index (χ3n) is 5.13. The largest absolute Gasteiger partial charge is 0.494 e. The first-order valence-corrected chi connectivity index (χ1v) is 9.18. The maximum absolute atomic E-state index is 14.3. The summed E-state index contributed by atoms with van der Waals surface area (Å²) in [6.07, 6.45) is 1.34. The summed E-state index contributed by atoms with van der Waals surface area (Å²) < 4.78 is 21.3. The Morgan fingerprint density at radius 1 is 0.967 bits per heavy atom. The molecule has 0 aliphatic carbocycles. The Balaban J connectivity index is 1.75. The van der Waals surface area contributed by atoms with Gasteiger partial charge in [0.1, 0.15) is 17.3 Å². The van der Waals surface area contributed by atoms with E-state index in [9.17, 15) is 14.0 Å². The lowest BCUT2D eigenvalue weighted by molar-refractivity contribution is 0.0925. The van der Waals surface area contributed by atoms with Gasteiger partial charge in [0, 0.05) is 6.20 Å². The van der Waals surface area contributed by atoms with Crippen LogP contribution in [0.15, 0.2) is 54.7 Å². The molecule has 0 saturated carbocycles. The summed E-state index contributed by atoms with van der Waals surface area (Å²) >= 11 is 0. The molecule has 5 rings (SSSR count). The van der Waals surface area contributed by atoms with Gasteiger partial charge in [0.05, 0.1) is 35.0 Å². The molecule has 0 bridgehead atoms. The van der Waals surface area contributed by atoms with Gasteiger partial charge in [-0.1, -0.05) is 24.3 Å². The lowest BCUT2D eigenvalue weighted by Crippen LogP contribution is -2.30. The minimum absolute atomic E-state index is 0.0911. The molecule has 1 aliphatic heterocycles. The standard InChI is InChI=1S/C22H15FN4O3/c1-12-18-19-13(21(28)26(22(19)29)15-8-4-3-7-14(15)23)11-24-20(18)27(25-12)16-9-5-6-10-17(16)30-2/h3-11H,1-2H3. The van der Waals surface area contributed by atoms with Crippen molar-refractivity contribution in [2.75, 3.05) is 12.0 Å². The number of aromatic nitrogens is 3. The zero-order valence-corrected chi connectivity index (χ0v) is 16.1. The zero-order chi connectivity index (χ0) is 21.0. The Labute approximate surface area is 170 Å². The Morgan fingerprint density at radius 3 is 2.40 bits per heavy atom. The van der Waals surface area contributed by atoms with Crippen LogP contribution in [0.5, 0.6) is 5.75 Å². The van der Waals surface area contributed by atoms with Crippen LogP contribution < -0.4 is 9.64 Å². The van der Waals surface area contributed by atoms with Crippen LogP contribution in [0.2, 0.25) is 0 Å². The van der Waals surface area contributed by atoms with E-state index in [0.717, 1.165) is 4.90 Å². The number of ether oxygens (including phenoxy) is 1. The fourth-order valence-electron chi connectivity index (χ4n) is 3.79. The van der Waals surface area contributed by atoms with E-state index in [1.807, 2.05) is 18.2 Å². The normalized spacial score (nSPS) is 13.2. The summed E-state index contributed by atoms with van der Waals surface area (Å²) in [6, 6.07) is 12.9. The number of halogens is 1. The molecular formula is C22H15FN4O3. The molecule has 148 valence electrons. The lowest BCUT2D eigenvalue weighted by Gasteiger charge is -2.14. The summed E-state index contributed by atoms with van der Waals surface area (Å²) in [5, 5.41) is 4.99. The highest BCUT2D eigenvalue weighted by Gasteiger charge is 2.41. The second kappa shape index (κ2) is 6.48. The van der Waals surface area contributed by atoms with Crippen LogP contribution in [0.4, 0.5) is 10.1 Å². The van der Waals surface area contributed by atoms with Crippen molar-refractivity contribution in [3.05, 3.63) is 77.4 Å². The van der Waals surface area contributed by atoms with E-state index in [0.29, 0.717) is 28.2 Å². The number of para-hydroxylation sites is 3. The predicted molar refractivity (Wildman–Crippen MR) is 108 cm³/mol. The van der Waals surface area contributed by atoms with Gasteiger partial charge in [-0.25, -0.2) is 19.0 Å². The first kappa shape index (κ1) is 18.0. The number of imide groups is 1. The Kier molecular flexibility index (Phi) is 3.89. The molecule has 1 aliphatic rings. The number of carbonyl (C=O) groups is 2. The van der Waals surface area contributed by atoms with Gasteiger partial charge >= 0.3 is 0 Å². The number of hydrogen-bond acceptors (Lipinski definition) is 5. The second-order valence-corrected chi connectivity index (χ2v) is 6.81. The smallest absolute Gasteiger partial charge is 0.267 e. The number of anilines is 1. The zero-order valence-electron chi connectivity index (χ0n) is 16.1. The van der Waals surface area contributed by atoms with E-state index < -0.39 is 17.6 Å². The molecule has 0 radical (unpaired) electrons. The molecule has 0 atom stereocenters. The van der Waals surface area contributed by atoms with Crippen molar-refractivity contribution in [2.24, 2.45) is 0 Å². The van der Waals surface area contributed by atoms with E-state index in [-0.39, 0.29) is 16.8 Å². The molecule has 2 aromatic heterocycles. The summed E-state index contributed by atoms with van der Waals surface area (Å²) in [6.45, 7) is 1.74. The van der Waals surface area contributed by atoms with Crippen LogP contribution in [0.3, 0.4) is 0 Å². The van der Waals surface area contributed by atoms with Gasteiger partial charge < -0.3 is 4.74 Å². The average Bonchev–Trinajstić information content (AvgIpc) is 3.22. The van der Waals surface area contributed by atoms with Crippen molar-refractivity contribution < 1.29 is 18.7 Å². The molecule has 7 nitrogen and oxygen atoms in total. The van der Waals surface area contributed by atoms with Crippen molar-refractivity contribution in [1.29, 1.82) is 0 Å². The Morgan fingerprint density at radius 2 is 1.67 bits per heavy atom. The minimum atomic E-state index is -0.655. The monoisotopic (exact) mass is 402 g/mol. The first-order chi connectivity index (χ1) is 14.5. The molecule has 2 aromatic carbocycles. The number of carbonyl (C=O) groups excluding carboxylic acids is 2. The Bertz CT molecular complexity index is 1360. The van der Waals surface area contributed by atoms with E-state index >= 15 is 0 Å². The average molecular weight is 402 g/mol. The highest BCUT2D eigenvalue weighted by atomic mass is 19.1. The first-order valence-electron chi connectivity index (χ1n) is 9.18. The van der Waals surface area contributed by atoms with Gasteiger partial charge in [-0.15, -0.1) is 0 Å². The van der Waals surface area contributed by atoms with Crippen molar-refractivity contribution in [2.45, 2.75) is 6.92 Å². The van der Waals surface area contributed by atoms with Crippen LogP contribution in [0.25, 0.3) is 16.7 Å². The molecule has 8 heteroatoms. The van der Waals surface area contributed by atoms with Crippen LogP contribution in [0, 0.1) is 12.7 Å². The number of rotatable bonds is 3. The van der Waals surface area contributed by atoms with E-state index in [2.05, 4.69) is 10.1 Å². The van der Waals surface area contributed by atoms with Crippen molar-refractivity contribution in [3.8, 4) is 11.4 Å². The van der Waals surface area contributed by atoms with Gasteiger partial charge in [0.2, 0.25) is 0 Å². The second-order valence-electron chi connectivity index (χ2n) is 6.81. The van der Waals surface area contributed by atoms with Gasteiger partial charge in [0.25, 0.3) is 11.8 Å². The third kappa shape index (κ3) is 2.37. The predicted octanol–water partition coefficient (Wildman–Crippen LogP) is 3.68. The number of benzene rings is 2. The van der Waals surface area contributed by atoms with Gasteiger partial charge in [0.15, 0.2) is 5.65 Å². The fraction of sp³-hybridized carbons (Fsp3) is 0.0909. The molecule has 4 aromatic rings. The van der Waals surface area contributed by atoms with Crippen LogP contribution in [0.1, 0.15) is 26.4 Å². The Hall–Kier alpha value is -4.07. The number of aryl methyl sites for hydroxylation is 1. The van der Waals surface area contributed by atoms with Crippen molar-refractivity contribution >= 4 is 28.5 Å². The number of hydrogen-bond donors (Lipinski definition) is 0. The lowest BCUT2D eigenvalue weighted by atomic mass is 10.1. The fourth-order valence-corrected chi connectivity index (χ4v) is 3.79.